The highest BCUT2D eigenvalue weighted by atomic mass is 32.2. The lowest BCUT2D eigenvalue weighted by atomic mass is 10.1. The average molecular weight is 390 g/mol. The van der Waals surface area contributed by atoms with Gasteiger partial charge in [0.25, 0.3) is 15.9 Å². The molecule has 2 aromatic rings. The lowest BCUT2D eigenvalue weighted by molar-refractivity contribution is -0.136. The third-order valence-corrected chi connectivity index (χ3v) is 5.19. The largest absolute Gasteiger partial charge is 0.481 e. The van der Waals surface area contributed by atoms with E-state index >= 15 is 0 Å². The van der Waals surface area contributed by atoms with Crippen molar-refractivity contribution < 1.29 is 23.1 Å². The van der Waals surface area contributed by atoms with E-state index in [1.165, 1.54) is 18.2 Å². The van der Waals surface area contributed by atoms with Gasteiger partial charge in [0.2, 0.25) is 0 Å². The minimum Gasteiger partial charge on any atom is -0.481 e. The zero-order chi connectivity index (χ0) is 19.9. The Labute approximate surface area is 158 Å². The number of carboxylic acid groups (broad SMARTS) is 1. The second-order valence-corrected chi connectivity index (χ2v) is 7.63. The van der Waals surface area contributed by atoms with Crippen LogP contribution in [-0.2, 0) is 21.2 Å². The Bertz CT molecular complexity index is 908. The second kappa shape index (κ2) is 9.18. The topological polar surface area (TPSA) is 113 Å². The van der Waals surface area contributed by atoms with Crippen LogP contribution in [0.3, 0.4) is 0 Å². The van der Waals surface area contributed by atoms with Gasteiger partial charge >= 0.3 is 5.97 Å². The van der Waals surface area contributed by atoms with Crippen LogP contribution in [0.1, 0.15) is 35.7 Å². The van der Waals surface area contributed by atoms with Gasteiger partial charge in [-0.1, -0.05) is 31.2 Å². The molecule has 0 aliphatic carbocycles. The first-order chi connectivity index (χ1) is 12.8. The summed E-state index contributed by atoms with van der Waals surface area (Å²) in [5.74, 6) is -1.26. The molecule has 0 aromatic heterocycles. The minimum atomic E-state index is -3.88. The number of amides is 1. The van der Waals surface area contributed by atoms with Crippen molar-refractivity contribution in [2.45, 2.75) is 31.1 Å². The van der Waals surface area contributed by atoms with Crippen LogP contribution in [0.2, 0.25) is 0 Å². The third-order valence-electron chi connectivity index (χ3n) is 3.81. The summed E-state index contributed by atoms with van der Waals surface area (Å²) in [6, 6.07) is 12.4. The van der Waals surface area contributed by atoms with Crippen LogP contribution in [0.25, 0.3) is 0 Å². The zero-order valence-electron chi connectivity index (χ0n) is 14.9. The van der Waals surface area contributed by atoms with Gasteiger partial charge in [-0.3, -0.25) is 14.3 Å². The SMILES string of the molecule is CCCNC(=O)c1ccccc1NS(=O)(=O)c1ccc(CCC(=O)O)cc1. The number of para-hydroxylation sites is 1. The Kier molecular flexibility index (Phi) is 6.95. The molecule has 0 unspecified atom stereocenters. The van der Waals surface area contributed by atoms with E-state index in [1.54, 1.807) is 30.3 Å². The molecular weight excluding hydrogens is 368 g/mol. The molecule has 0 bridgehead atoms. The number of hydrogen-bond donors (Lipinski definition) is 3. The van der Waals surface area contributed by atoms with E-state index in [9.17, 15) is 18.0 Å². The van der Waals surface area contributed by atoms with Crippen LogP contribution >= 0.6 is 0 Å². The highest BCUT2D eigenvalue weighted by molar-refractivity contribution is 7.92. The van der Waals surface area contributed by atoms with E-state index in [2.05, 4.69) is 10.0 Å². The zero-order valence-corrected chi connectivity index (χ0v) is 15.8. The van der Waals surface area contributed by atoms with Crippen molar-refractivity contribution >= 4 is 27.6 Å². The Morgan fingerprint density at radius 1 is 1.04 bits per heavy atom. The van der Waals surface area contributed by atoms with Gasteiger partial charge in [0.1, 0.15) is 0 Å². The standard InChI is InChI=1S/C19H22N2O5S/c1-2-13-20-19(24)16-5-3-4-6-17(16)21-27(25,26)15-10-7-14(8-11-15)9-12-18(22)23/h3-8,10-11,21H,2,9,12-13H2,1H3,(H,20,24)(H,22,23). The van der Waals surface area contributed by atoms with Gasteiger partial charge in [-0.05, 0) is 42.7 Å². The highest BCUT2D eigenvalue weighted by Crippen LogP contribution is 2.21. The number of aryl methyl sites for hydroxylation is 1. The number of carbonyl (C=O) groups is 2. The summed E-state index contributed by atoms with van der Waals surface area (Å²) >= 11 is 0. The summed E-state index contributed by atoms with van der Waals surface area (Å²) < 4.78 is 27.7. The molecule has 0 fully saturated rings. The van der Waals surface area contributed by atoms with Crippen molar-refractivity contribution in [3.63, 3.8) is 0 Å². The Morgan fingerprint density at radius 3 is 2.33 bits per heavy atom. The van der Waals surface area contributed by atoms with Crippen LogP contribution < -0.4 is 10.0 Å². The summed E-state index contributed by atoms with van der Waals surface area (Å²) in [4.78, 5) is 22.9. The van der Waals surface area contributed by atoms with Crippen molar-refractivity contribution in [3.05, 3.63) is 59.7 Å². The van der Waals surface area contributed by atoms with Crippen LogP contribution in [0, 0.1) is 0 Å². The number of sulfonamides is 1. The summed E-state index contributed by atoms with van der Waals surface area (Å²) in [5.41, 5.74) is 1.17. The van der Waals surface area contributed by atoms with E-state index in [0.29, 0.717) is 13.0 Å². The molecule has 2 rings (SSSR count). The minimum absolute atomic E-state index is 0.0232. The van der Waals surface area contributed by atoms with E-state index in [0.717, 1.165) is 12.0 Å². The molecule has 3 N–H and O–H groups in total. The van der Waals surface area contributed by atoms with Gasteiger partial charge in [-0.25, -0.2) is 8.42 Å². The molecule has 8 heteroatoms. The fourth-order valence-electron chi connectivity index (χ4n) is 2.39. The van der Waals surface area contributed by atoms with Crippen molar-refractivity contribution in [1.29, 1.82) is 0 Å². The van der Waals surface area contributed by atoms with E-state index in [-0.39, 0.29) is 28.5 Å². The second-order valence-electron chi connectivity index (χ2n) is 5.94. The van der Waals surface area contributed by atoms with Crippen molar-refractivity contribution in [2.75, 3.05) is 11.3 Å². The summed E-state index contributed by atoms with van der Waals surface area (Å²) in [6.07, 6.45) is 1.07. The molecule has 0 radical (unpaired) electrons. The summed E-state index contributed by atoms with van der Waals surface area (Å²) in [6.45, 7) is 2.42. The monoisotopic (exact) mass is 390 g/mol. The Hall–Kier alpha value is -2.87. The molecule has 0 atom stereocenters. The predicted molar refractivity (Wildman–Crippen MR) is 102 cm³/mol. The first-order valence-corrected chi connectivity index (χ1v) is 10.0. The average Bonchev–Trinajstić information content (AvgIpc) is 2.65. The van der Waals surface area contributed by atoms with E-state index in [1.807, 2.05) is 6.92 Å². The van der Waals surface area contributed by atoms with E-state index < -0.39 is 16.0 Å². The van der Waals surface area contributed by atoms with Gasteiger partial charge in [-0.15, -0.1) is 0 Å². The van der Waals surface area contributed by atoms with E-state index in [4.69, 9.17) is 5.11 Å². The maximum absolute atomic E-state index is 12.6. The first kappa shape index (κ1) is 20.4. The smallest absolute Gasteiger partial charge is 0.303 e. The van der Waals surface area contributed by atoms with Crippen LogP contribution in [-0.4, -0.2) is 31.9 Å². The Balaban J connectivity index is 2.19. The number of benzene rings is 2. The van der Waals surface area contributed by atoms with Crippen LogP contribution in [0.15, 0.2) is 53.4 Å². The molecule has 7 nitrogen and oxygen atoms in total. The van der Waals surface area contributed by atoms with Gasteiger partial charge in [0.15, 0.2) is 0 Å². The maximum Gasteiger partial charge on any atom is 0.303 e. The number of hydrogen-bond acceptors (Lipinski definition) is 4. The fourth-order valence-corrected chi connectivity index (χ4v) is 3.47. The predicted octanol–water partition coefficient (Wildman–Crippen LogP) is 2.64. The van der Waals surface area contributed by atoms with Crippen LogP contribution in [0.5, 0.6) is 0 Å². The molecule has 0 saturated heterocycles. The maximum atomic E-state index is 12.6. The van der Waals surface area contributed by atoms with Crippen molar-refractivity contribution in [2.24, 2.45) is 0 Å². The van der Waals surface area contributed by atoms with Crippen LogP contribution in [0.4, 0.5) is 5.69 Å². The summed E-state index contributed by atoms with van der Waals surface area (Å²) in [5, 5.41) is 11.4. The quantitative estimate of drug-likeness (QED) is 0.609. The first-order valence-electron chi connectivity index (χ1n) is 8.54. The van der Waals surface area contributed by atoms with Crippen molar-refractivity contribution in [3.8, 4) is 0 Å². The molecular formula is C19H22N2O5S. The fraction of sp³-hybridized carbons (Fsp3) is 0.263. The number of nitrogens with one attached hydrogen (secondary N) is 2. The number of carbonyl (C=O) groups excluding carboxylic acids is 1. The molecule has 0 saturated carbocycles. The molecule has 144 valence electrons. The molecule has 2 aromatic carbocycles. The van der Waals surface area contributed by atoms with Gasteiger partial charge < -0.3 is 10.4 Å². The molecule has 0 heterocycles. The summed E-state index contributed by atoms with van der Waals surface area (Å²) in [7, 11) is -3.88. The number of aliphatic carboxylic acids is 1. The number of rotatable bonds is 9. The molecule has 27 heavy (non-hydrogen) atoms. The molecule has 0 aliphatic heterocycles. The van der Waals surface area contributed by atoms with Crippen molar-refractivity contribution in [1.82, 2.24) is 5.32 Å². The lowest BCUT2D eigenvalue weighted by Crippen LogP contribution is -2.25. The molecule has 0 aliphatic rings. The Morgan fingerprint density at radius 2 is 1.70 bits per heavy atom. The van der Waals surface area contributed by atoms with Gasteiger partial charge in [0.05, 0.1) is 16.1 Å². The van der Waals surface area contributed by atoms with Gasteiger partial charge in [0, 0.05) is 13.0 Å². The van der Waals surface area contributed by atoms with Gasteiger partial charge in [-0.2, -0.15) is 0 Å². The number of carboxylic acids is 1. The normalized spacial score (nSPS) is 11.0. The molecule has 0 spiro atoms. The third kappa shape index (κ3) is 5.82. The highest BCUT2D eigenvalue weighted by Gasteiger charge is 2.18. The molecule has 1 amide bonds. The lowest BCUT2D eigenvalue weighted by Gasteiger charge is -2.13. The number of anilines is 1.